The maximum atomic E-state index is 13.0. The minimum atomic E-state index is -3.70. The molecule has 1 fully saturated rings. The van der Waals surface area contributed by atoms with Gasteiger partial charge in [-0.1, -0.05) is 6.07 Å². The number of ether oxygens (including phenoxy) is 1. The van der Waals surface area contributed by atoms with Crippen molar-refractivity contribution in [1.29, 1.82) is 0 Å². The number of hydrogen-bond donors (Lipinski definition) is 1. The predicted octanol–water partition coefficient (Wildman–Crippen LogP) is 2.15. The molecule has 0 radical (unpaired) electrons. The first-order valence-electron chi connectivity index (χ1n) is 10.8. The van der Waals surface area contributed by atoms with Gasteiger partial charge in [-0.2, -0.15) is 9.29 Å². The molecular weight excluding hydrogens is 402 g/mol. The number of rotatable bonds is 6. The SMILES string of the molecule is CN(C)CC1CCN(S(=O)(=O)c2nc(Oc3c4c(cc5c3CCC5)CCC4)n[nH]2)C1. The van der Waals surface area contributed by atoms with Crippen LogP contribution in [0.2, 0.25) is 0 Å². The molecule has 1 N–H and O–H groups in total. The molecule has 2 aromatic rings. The van der Waals surface area contributed by atoms with Gasteiger partial charge in [0.05, 0.1) is 0 Å². The summed E-state index contributed by atoms with van der Waals surface area (Å²) in [5.41, 5.74) is 5.21. The zero-order valence-electron chi connectivity index (χ0n) is 17.6. The van der Waals surface area contributed by atoms with Gasteiger partial charge in [0.25, 0.3) is 15.2 Å². The molecule has 2 aliphatic carbocycles. The van der Waals surface area contributed by atoms with Gasteiger partial charge >= 0.3 is 6.01 Å². The summed E-state index contributed by atoms with van der Waals surface area (Å²) < 4.78 is 33.7. The van der Waals surface area contributed by atoms with Gasteiger partial charge in [-0.3, -0.25) is 0 Å². The van der Waals surface area contributed by atoms with Crippen LogP contribution < -0.4 is 4.74 Å². The van der Waals surface area contributed by atoms with Crippen molar-refractivity contribution in [3.8, 4) is 11.8 Å². The van der Waals surface area contributed by atoms with Gasteiger partial charge in [0.2, 0.25) is 0 Å². The molecule has 1 saturated heterocycles. The van der Waals surface area contributed by atoms with Crippen LogP contribution in [0.3, 0.4) is 0 Å². The van der Waals surface area contributed by atoms with Crippen molar-refractivity contribution < 1.29 is 13.2 Å². The molecule has 3 aliphatic rings. The lowest BCUT2D eigenvalue weighted by atomic mass is 10.0. The van der Waals surface area contributed by atoms with Gasteiger partial charge in [0.1, 0.15) is 5.75 Å². The molecule has 5 rings (SSSR count). The molecular formula is C21H29N5O3S. The van der Waals surface area contributed by atoms with E-state index in [0.717, 1.165) is 57.2 Å². The summed E-state index contributed by atoms with van der Waals surface area (Å²) in [6, 6.07) is 2.43. The molecule has 9 heteroatoms. The Labute approximate surface area is 177 Å². The highest BCUT2D eigenvalue weighted by atomic mass is 32.2. The van der Waals surface area contributed by atoms with Crippen molar-refractivity contribution >= 4 is 10.0 Å². The Bertz CT molecular complexity index is 1030. The van der Waals surface area contributed by atoms with Gasteiger partial charge in [0, 0.05) is 19.6 Å². The number of nitrogens with one attached hydrogen (secondary N) is 1. The number of H-pyrrole nitrogens is 1. The molecule has 0 saturated carbocycles. The first-order valence-corrected chi connectivity index (χ1v) is 12.3. The van der Waals surface area contributed by atoms with E-state index in [4.69, 9.17) is 4.74 Å². The summed E-state index contributed by atoms with van der Waals surface area (Å²) in [5, 5.41) is 6.57. The van der Waals surface area contributed by atoms with E-state index in [0.29, 0.717) is 19.0 Å². The standard InChI is InChI=1S/C21H29N5O3S/c1-25(2)12-14-9-10-26(13-14)30(27,28)21-22-20(23-24-21)29-19-17-7-3-5-15(17)11-16-6-4-8-18(16)19/h11,14H,3-10,12-13H2,1-2H3,(H,22,23,24). The number of aromatic nitrogens is 3. The molecule has 2 heterocycles. The summed E-state index contributed by atoms with van der Waals surface area (Å²) in [6.45, 7) is 1.90. The van der Waals surface area contributed by atoms with Crippen LogP contribution in [-0.2, 0) is 35.7 Å². The van der Waals surface area contributed by atoms with Crippen LogP contribution in [0.15, 0.2) is 11.2 Å². The summed E-state index contributed by atoms with van der Waals surface area (Å²) >= 11 is 0. The van der Waals surface area contributed by atoms with Crippen LogP contribution in [0.1, 0.15) is 41.5 Å². The highest BCUT2D eigenvalue weighted by molar-refractivity contribution is 7.89. The third-order valence-electron chi connectivity index (χ3n) is 6.51. The monoisotopic (exact) mass is 431 g/mol. The van der Waals surface area contributed by atoms with Crippen LogP contribution in [-0.4, -0.2) is 66.5 Å². The molecule has 0 amide bonds. The molecule has 1 unspecified atom stereocenters. The smallest absolute Gasteiger partial charge is 0.342 e. The third kappa shape index (κ3) is 3.52. The number of aryl methyl sites for hydroxylation is 2. The molecule has 1 atom stereocenters. The van der Waals surface area contributed by atoms with E-state index in [1.54, 1.807) is 0 Å². The normalized spacial score (nSPS) is 21.4. The lowest BCUT2D eigenvalue weighted by molar-refractivity contribution is 0.329. The van der Waals surface area contributed by atoms with Gasteiger partial charge < -0.3 is 9.64 Å². The maximum Gasteiger partial charge on any atom is 0.342 e. The predicted molar refractivity (Wildman–Crippen MR) is 112 cm³/mol. The minimum absolute atomic E-state index is 0.0898. The van der Waals surface area contributed by atoms with E-state index in [2.05, 4.69) is 26.1 Å². The number of sulfonamides is 1. The Hall–Kier alpha value is -1.97. The average molecular weight is 432 g/mol. The number of benzene rings is 1. The number of fused-ring (bicyclic) bond motifs is 2. The second-order valence-electron chi connectivity index (χ2n) is 8.99. The Morgan fingerprint density at radius 3 is 2.53 bits per heavy atom. The van der Waals surface area contributed by atoms with E-state index < -0.39 is 10.0 Å². The van der Waals surface area contributed by atoms with Gasteiger partial charge in [-0.05, 0) is 87.2 Å². The second-order valence-corrected chi connectivity index (χ2v) is 10.8. The molecule has 1 aromatic heterocycles. The summed E-state index contributed by atoms with van der Waals surface area (Å²) in [5.74, 6) is 1.20. The lowest BCUT2D eigenvalue weighted by Crippen LogP contribution is -2.31. The van der Waals surface area contributed by atoms with Crippen LogP contribution in [0.5, 0.6) is 11.8 Å². The highest BCUT2D eigenvalue weighted by Crippen LogP contribution is 2.41. The van der Waals surface area contributed by atoms with Crippen LogP contribution in [0.25, 0.3) is 0 Å². The fraction of sp³-hybridized carbons (Fsp3) is 0.619. The Morgan fingerprint density at radius 2 is 1.87 bits per heavy atom. The van der Waals surface area contributed by atoms with E-state index in [1.807, 2.05) is 14.1 Å². The van der Waals surface area contributed by atoms with Crippen LogP contribution in [0.4, 0.5) is 0 Å². The molecule has 1 aromatic carbocycles. The van der Waals surface area contributed by atoms with Gasteiger partial charge in [-0.15, -0.1) is 5.10 Å². The molecule has 8 nitrogen and oxygen atoms in total. The van der Waals surface area contributed by atoms with E-state index in [1.165, 1.54) is 26.6 Å². The van der Waals surface area contributed by atoms with Gasteiger partial charge in [-0.25, -0.2) is 13.5 Å². The number of aromatic amines is 1. The molecule has 30 heavy (non-hydrogen) atoms. The van der Waals surface area contributed by atoms with Crippen molar-refractivity contribution in [3.05, 3.63) is 28.3 Å². The quantitative estimate of drug-likeness (QED) is 0.754. The molecule has 0 spiro atoms. The van der Waals surface area contributed by atoms with Crippen molar-refractivity contribution in [2.75, 3.05) is 33.7 Å². The summed E-state index contributed by atoms with van der Waals surface area (Å²) in [4.78, 5) is 6.32. The molecule has 162 valence electrons. The Morgan fingerprint density at radius 1 is 1.17 bits per heavy atom. The Kier molecular flexibility index (Phi) is 5.07. The molecule has 0 bridgehead atoms. The second kappa shape index (κ2) is 7.62. The highest BCUT2D eigenvalue weighted by Gasteiger charge is 2.35. The summed E-state index contributed by atoms with van der Waals surface area (Å²) in [6.07, 6.45) is 7.27. The van der Waals surface area contributed by atoms with Crippen molar-refractivity contribution in [3.63, 3.8) is 0 Å². The fourth-order valence-electron chi connectivity index (χ4n) is 5.17. The van der Waals surface area contributed by atoms with Crippen LogP contribution >= 0.6 is 0 Å². The molecule has 1 aliphatic heterocycles. The zero-order valence-corrected chi connectivity index (χ0v) is 18.5. The maximum absolute atomic E-state index is 13.0. The largest absolute Gasteiger partial charge is 0.423 e. The van der Waals surface area contributed by atoms with Crippen molar-refractivity contribution in [2.24, 2.45) is 5.92 Å². The summed E-state index contributed by atoms with van der Waals surface area (Å²) in [7, 11) is 0.320. The first-order chi connectivity index (χ1) is 14.4. The fourth-order valence-corrected chi connectivity index (χ4v) is 6.53. The minimum Gasteiger partial charge on any atom is -0.423 e. The third-order valence-corrected chi connectivity index (χ3v) is 8.19. The number of nitrogens with zero attached hydrogens (tertiary/aromatic N) is 4. The van der Waals surface area contributed by atoms with Crippen molar-refractivity contribution in [2.45, 2.75) is 50.1 Å². The zero-order chi connectivity index (χ0) is 20.9. The van der Waals surface area contributed by atoms with Crippen molar-refractivity contribution in [1.82, 2.24) is 24.4 Å². The van der Waals surface area contributed by atoms with E-state index in [9.17, 15) is 8.42 Å². The Balaban J connectivity index is 1.37. The van der Waals surface area contributed by atoms with E-state index in [-0.39, 0.29) is 11.2 Å². The number of hydrogen-bond acceptors (Lipinski definition) is 6. The average Bonchev–Trinajstić information content (AvgIpc) is 3.47. The van der Waals surface area contributed by atoms with E-state index >= 15 is 0 Å². The first kappa shape index (κ1) is 20.0. The topological polar surface area (TPSA) is 91.4 Å². The van der Waals surface area contributed by atoms with Gasteiger partial charge in [0.15, 0.2) is 0 Å². The lowest BCUT2D eigenvalue weighted by Gasteiger charge is -2.17. The van der Waals surface area contributed by atoms with Crippen LogP contribution in [0, 0.1) is 5.92 Å².